The number of amides is 3. The summed E-state index contributed by atoms with van der Waals surface area (Å²) in [6, 6.07) is 5.06. The number of carbonyl (C=O) groups excluding carboxylic acids is 3. The molecule has 164 valence electrons. The van der Waals surface area contributed by atoms with Gasteiger partial charge in [0.25, 0.3) is 0 Å². The molecule has 1 saturated heterocycles. The van der Waals surface area contributed by atoms with Gasteiger partial charge in [-0.25, -0.2) is 0 Å². The summed E-state index contributed by atoms with van der Waals surface area (Å²) in [6.07, 6.45) is -1.11. The molecule has 5 nitrogen and oxygen atoms in total. The summed E-state index contributed by atoms with van der Waals surface area (Å²) in [4.78, 5) is 38.4. The smallest absolute Gasteiger partial charge is 0.355 e. The average Bonchev–Trinajstić information content (AvgIpc) is 2.95. The van der Waals surface area contributed by atoms with Gasteiger partial charge in [-0.3, -0.25) is 19.3 Å². The third-order valence-electron chi connectivity index (χ3n) is 6.19. The molecule has 3 amide bonds. The molecule has 1 aromatic carbocycles. The zero-order chi connectivity index (χ0) is 22.1. The number of imide groups is 1. The number of likely N-dealkylation sites (tertiary alicyclic amines) is 1. The third kappa shape index (κ3) is 4.68. The van der Waals surface area contributed by atoms with Gasteiger partial charge in [0.15, 0.2) is 0 Å². The van der Waals surface area contributed by atoms with Crippen molar-refractivity contribution in [2.45, 2.75) is 57.5 Å². The second-order valence-electron chi connectivity index (χ2n) is 8.81. The normalized spacial score (nSPS) is 22.2. The molecule has 1 heterocycles. The molecule has 0 aromatic heterocycles. The SMILES string of the molecule is CC(C)(CNC(=O)CCN1C(=O)C2CCCCC2C1=O)c1cccc(C(F)(F)F)c1. The van der Waals surface area contributed by atoms with Gasteiger partial charge in [0.05, 0.1) is 17.4 Å². The lowest BCUT2D eigenvalue weighted by atomic mass is 9.81. The first-order chi connectivity index (χ1) is 14.0. The van der Waals surface area contributed by atoms with Crippen molar-refractivity contribution < 1.29 is 27.6 Å². The molecule has 1 aliphatic carbocycles. The molecule has 8 heteroatoms. The van der Waals surface area contributed by atoms with Gasteiger partial charge in [-0.05, 0) is 24.5 Å². The van der Waals surface area contributed by atoms with Crippen LogP contribution in [-0.4, -0.2) is 35.7 Å². The summed E-state index contributed by atoms with van der Waals surface area (Å²) in [5.74, 6) is -1.18. The van der Waals surface area contributed by atoms with Gasteiger partial charge in [0.2, 0.25) is 17.7 Å². The number of alkyl halides is 3. The van der Waals surface area contributed by atoms with Crippen LogP contribution in [0.1, 0.15) is 57.1 Å². The van der Waals surface area contributed by atoms with E-state index in [2.05, 4.69) is 5.32 Å². The molecule has 3 rings (SSSR count). The van der Waals surface area contributed by atoms with Gasteiger partial charge in [-0.15, -0.1) is 0 Å². The second kappa shape index (κ2) is 8.40. The van der Waals surface area contributed by atoms with Crippen LogP contribution in [-0.2, 0) is 26.0 Å². The Hall–Kier alpha value is -2.38. The lowest BCUT2D eigenvalue weighted by molar-refractivity contribution is -0.140. The van der Waals surface area contributed by atoms with E-state index in [0.717, 1.165) is 37.8 Å². The Kier molecular flexibility index (Phi) is 6.24. The summed E-state index contributed by atoms with van der Waals surface area (Å²) in [5, 5.41) is 2.73. The predicted molar refractivity (Wildman–Crippen MR) is 104 cm³/mol. The van der Waals surface area contributed by atoms with E-state index in [1.165, 1.54) is 11.0 Å². The monoisotopic (exact) mass is 424 g/mol. The number of nitrogens with zero attached hydrogens (tertiary/aromatic N) is 1. The van der Waals surface area contributed by atoms with Crippen LogP contribution >= 0.6 is 0 Å². The molecular weight excluding hydrogens is 397 g/mol. The van der Waals surface area contributed by atoms with Crippen LogP contribution in [0.3, 0.4) is 0 Å². The molecular formula is C22H27F3N2O3. The number of benzene rings is 1. The van der Waals surface area contributed by atoms with Crippen LogP contribution in [0.15, 0.2) is 24.3 Å². The molecule has 2 fully saturated rings. The molecule has 0 bridgehead atoms. The van der Waals surface area contributed by atoms with E-state index in [1.54, 1.807) is 19.9 Å². The Balaban J connectivity index is 1.54. The fraction of sp³-hybridized carbons (Fsp3) is 0.591. The minimum atomic E-state index is -4.43. The lowest BCUT2D eigenvalue weighted by Gasteiger charge is -2.26. The van der Waals surface area contributed by atoms with Gasteiger partial charge in [0.1, 0.15) is 0 Å². The van der Waals surface area contributed by atoms with E-state index in [0.29, 0.717) is 5.56 Å². The number of nitrogens with one attached hydrogen (secondary N) is 1. The molecule has 1 N–H and O–H groups in total. The van der Waals surface area contributed by atoms with E-state index in [-0.39, 0.29) is 49.1 Å². The van der Waals surface area contributed by atoms with Crippen molar-refractivity contribution in [3.05, 3.63) is 35.4 Å². The van der Waals surface area contributed by atoms with Gasteiger partial charge in [-0.1, -0.05) is 44.9 Å². The first-order valence-corrected chi connectivity index (χ1v) is 10.3. The molecule has 30 heavy (non-hydrogen) atoms. The van der Waals surface area contributed by atoms with Gasteiger partial charge < -0.3 is 5.32 Å². The number of hydrogen-bond acceptors (Lipinski definition) is 3. The van der Waals surface area contributed by atoms with E-state index in [4.69, 9.17) is 0 Å². The minimum absolute atomic E-state index is 0.0183. The summed E-state index contributed by atoms with van der Waals surface area (Å²) in [5.41, 5.74) is -0.982. The van der Waals surface area contributed by atoms with Crippen LogP contribution in [0.5, 0.6) is 0 Å². The van der Waals surface area contributed by atoms with Crippen molar-refractivity contribution in [2.75, 3.05) is 13.1 Å². The van der Waals surface area contributed by atoms with Gasteiger partial charge in [-0.2, -0.15) is 13.2 Å². The minimum Gasteiger partial charge on any atom is -0.355 e. The van der Waals surface area contributed by atoms with E-state index in [9.17, 15) is 27.6 Å². The lowest BCUT2D eigenvalue weighted by Crippen LogP contribution is -2.39. The van der Waals surface area contributed by atoms with Crippen LogP contribution in [0.2, 0.25) is 0 Å². The highest BCUT2D eigenvalue weighted by molar-refractivity contribution is 6.05. The zero-order valence-corrected chi connectivity index (χ0v) is 17.2. The number of carbonyl (C=O) groups is 3. The zero-order valence-electron chi connectivity index (χ0n) is 17.2. The van der Waals surface area contributed by atoms with Crippen molar-refractivity contribution in [1.82, 2.24) is 10.2 Å². The number of halogens is 3. The summed E-state index contributed by atoms with van der Waals surface area (Å²) in [6.45, 7) is 3.68. The van der Waals surface area contributed by atoms with Crippen molar-refractivity contribution in [3.63, 3.8) is 0 Å². The van der Waals surface area contributed by atoms with E-state index < -0.39 is 17.2 Å². The molecule has 0 radical (unpaired) electrons. The topological polar surface area (TPSA) is 66.5 Å². The highest BCUT2D eigenvalue weighted by Gasteiger charge is 2.47. The van der Waals surface area contributed by atoms with Crippen molar-refractivity contribution >= 4 is 17.7 Å². The maximum Gasteiger partial charge on any atom is 0.416 e. The Bertz CT molecular complexity index is 811. The van der Waals surface area contributed by atoms with E-state index in [1.807, 2.05) is 0 Å². The Morgan fingerprint density at radius 2 is 1.63 bits per heavy atom. The van der Waals surface area contributed by atoms with Crippen molar-refractivity contribution in [3.8, 4) is 0 Å². The molecule has 0 spiro atoms. The standard InChI is InChI=1S/C22H27F3N2O3/c1-21(2,14-6-5-7-15(12-14)22(23,24)25)13-26-18(28)10-11-27-19(29)16-8-3-4-9-17(16)20(27)30/h5-7,12,16-17H,3-4,8-11,13H2,1-2H3,(H,26,28). The van der Waals surface area contributed by atoms with Crippen LogP contribution < -0.4 is 5.32 Å². The molecule has 1 aliphatic heterocycles. The maximum atomic E-state index is 13.0. The number of hydrogen-bond donors (Lipinski definition) is 1. The van der Waals surface area contributed by atoms with Gasteiger partial charge >= 0.3 is 6.18 Å². The first-order valence-electron chi connectivity index (χ1n) is 10.3. The Labute approximate surface area is 174 Å². The fourth-order valence-corrected chi connectivity index (χ4v) is 4.29. The molecule has 2 atom stereocenters. The first kappa shape index (κ1) is 22.3. The Morgan fingerprint density at radius 3 is 2.20 bits per heavy atom. The van der Waals surface area contributed by atoms with Gasteiger partial charge in [0, 0.05) is 24.9 Å². The second-order valence-corrected chi connectivity index (χ2v) is 8.81. The molecule has 1 aromatic rings. The van der Waals surface area contributed by atoms with Crippen LogP contribution in [0.4, 0.5) is 13.2 Å². The van der Waals surface area contributed by atoms with E-state index >= 15 is 0 Å². The Morgan fingerprint density at radius 1 is 1.07 bits per heavy atom. The van der Waals surface area contributed by atoms with Crippen molar-refractivity contribution in [2.24, 2.45) is 11.8 Å². The number of fused-ring (bicyclic) bond motifs is 1. The third-order valence-corrected chi connectivity index (χ3v) is 6.19. The maximum absolute atomic E-state index is 13.0. The fourth-order valence-electron chi connectivity index (χ4n) is 4.29. The summed E-state index contributed by atoms with van der Waals surface area (Å²) in [7, 11) is 0. The number of rotatable bonds is 6. The largest absolute Gasteiger partial charge is 0.416 e. The molecule has 2 unspecified atom stereocenters. The van der Waals surface area contributed by atoms with Crippen molar-refractivity contribution in [1.29, 1.82) is 0 Å². The summed E-state index contributed by atoms with van der Waals surface area (Å²) < 4.78 is 38.9. The summed E-state index contributed by atoms with van der Waals surface area (Å²) >= 11 is 0. The molecule has 1 saturated carbocycles. The predicted octanol–water partition coefficient (Wildman–Crippen LogP) is 3.66. The highest BCUT2D eigenvalue weighted by Crippen LogP contribution is 2.38. The van der Waals surface area contributed by atoms with Crippen LogP contribution in [0.25, 0.3) is 0 Å². The molecule has 2 aliphatic rings. The van der Waals surface area contributed by atoms with Crippen LogP contribution in [0, 0.1) is 11.8 Å². The average molecular weight is 424 g/mol. The quantitative estimate of drug-likeness (QED) is 0.709. The highest BCUT2D eigenvalue weighted by atomic mass is 19.4.